The Bertz CT molecular complexity index is 954. The lowest BCUT2D eigenvalue weighted by Crippen LogP contribution is -2.51. The fraction of sp³-hybridized carbons (Fsp3) is 0.333. The van der Waals surface area contributed by atoms with E-state index in [1.807, 2.05) is 0 Å². The van der Waals surface area contributed by atoms with Crippen molar-refractivity contribution >= 4 is 0 Å². The van der Waals surface area contributed by atoms with E-state index >= 15 is 0 Å². The molecular weight excluding hydrogens is 294 g/mol. The second-order valence-electron chi connectivity index (χ2n) is 7.47. The number of hydrogen-bond donors (Lipinski definition) is 0. The highest BCUT2D eigenvalue weighted by Gasteiger charge is 2.45. The second kappa shape index (κ2) is 4.79. The van der Waals surface area contributed by atoms with Gasteiger partial charge in [0.2, 0.25) is 0 Å². The van der Waals surface area contributed by atoms with Crippen molar-refractivity contribution in [3.05, 3.63) is 64.5 Å². The zero-order valence-electron chi connectivity index (χ0n) is 15.3. The fourth-order valence-corrected chi connectivity index (χ4v) is 4.38. The second-order valence-corrected chi connectivity index (χ2v) is 7.47. The number of hydrogen-bond acceptors (Lipinski definition) is 1. The summed E-state index contributed by atoms with van der Waals surface area (Å²) in [5, 5.41) is 4.93. The predicted molar refractivity (Wildman–Crippen MR) is 96.6 cm³/mol. The van der Waals surface area contributed by atoms with E-state index in [0.717, 1.165) is 5.82 Å². The number of nitrogens with zero attached hydrogens (tertiary/aromatic N) is 3. The molecule has 0 radical (unpaired) electrons. The molecule has 2 aromatic carbocycles. The molecule has 122 valence electrons. The van der Waals surface area contributed by atoms with Gasteiger partial charge in [-0.2, -0.15) is 0 Å². The number of aromatic nitrogens is 3. The summed E-state index contributed by atoms with van der Waals surface area (Å²) in [4.78, 5) is 0. The minimum Gasteiger partial charge on any atom is -0.218 e. The number of rotatable bonds is 1. The Hall–Kier alpha value is -2.42. The van der Waals surface area contributed by atoms with Crippen LogP contribution in [0.4, 0.5) is 0 Å². The topological polar surface area (TPSA) is 21.7 Å². The average molecular weight is 318 g/mol. The average Bonchev–Trinajstić information content (AvgIpc) is 2.95. The van der Waals surface area contributed by atoms with Crippen LogP contribution in [0.25, 0.3) is 17.1 Å². The summed E-state index contributed by atoms with van der Waals surface area (Å²) >= 11 is 0. The van der Waals surface area contributed by atoms with Crippen LogP contribution < -0.4 is 4.57 Å². The summed E-state index contributed by atoms with van der Waals surface area (Å²) in [6.45, 7) is 13.2. The quantitative estimate of drug-likeness (QED) is 0.618. The molecule has 1 aliphatic heterocycles. The van der Waals surface area contributed by atoms with Crippen molar-refractivity contribution in [3.8, 4) is 17.1 Å². The van der Waals surface area contributed by atoms with Gasteiger partial charge in [0, 0.05) is 17.6 Å². The first kappa shape index (κ1) is 15.1. The molecule has 3 nitrogen and oxygen atoms in total. The van der Waals surface area contributed by atoms with Crippen LogP contribution in [0.2, 0.25) is 0 Å². The molecule has 3 aromatic rings. The van der Waals surface area contributed by atoms with Gasteiger partial charge in [-0.3, -0.25) is 0 Å². The molecule has 0 bridgehead atoms. The molecule has 0 atom stereocenters. The van der Waals surface area contributed by atoms with Crippen molar-refractivity contribution in [2.75, 3.05) is 0 Å². The van der Waals surface area contributed by atoms with Crippen LogP contribution in [0.5, 0.6) is 0 Å². The van der Waals surface area contributed by atoms with Gasteiger partial charge < -0.3 is 0 Å². The van der Waals surface area contributed by atoms with Crippen molar-refractivity contribution in [2.24, 2.45) is 0 Å². The first-order chi connectivity index (χ1) is 11.3. The van der Waals surface area contributed by atoms with Gasteiger partial charge >= 0.3 is 0 Å². The third kappa shape index (κ3) is 1.84. The molecule has 1 aromatic heterocycles. The van der Waals surface area contributed by atoms with Gasteiger partial charge in [-0.25, -0.2) is 4.57 Å². The Labute approximate surface area is 143 Å². The number of fused-ring (bicyclic) bond motifs is 3. The van der Waals surface area contributed by atoms with E-state index in [1.54, 1.807) is 0 Å². The summed E-state index contributed by atoms with van der Waals surface area (Å²) in [6.07, 6.45) is 0. The van der Waals surface area contributed by atoms with Crippen LogP contribution in [0.1, 0.15) is 41.9 Å². The smallest absolute Gasteiger partial charge is 0.218 e. The molecule has 0 aliphatic carbocycles. The maximum atomic E-state index is 4.93. The standard InChI is InChI=1S/C21H24N3/c1-13-11-14(2)19(15(3)12-13)24-20-17-9-7-8-10-18(17)21(5,6)23(20)16(4)22-24/h7-12H,1-6H3/q+1. The minimum atomic E-state index is -0.0826. The number of aryl methyl sites for hydroxylation is 4. The lowest BCUT2D eigenvalue weighted by Gasteiger charge is -2.18. The molecule has 24 heavy (non-hydrogen) atoms. The molecule has 0 fully saturated rings. The predicted octanol–water partition coefficient (Wildman–Crippen LogP) is 4.16. The summed E-state index contributed by atoms with van der Waals surface area (Å²) < 4.78 is 4.52. The van der Waals surface area contributed by atoms with Crippen molar-refractivity contribution < 1.29 is 4.57 Å². The van der Waals surface area contributed by atoms with Crippen molar-refractivity contribution in [3.63, 3.8) is 0 Å². The molecule has 1 aliphatic rings. The molecule has 4 rings (SSSR count). The van der Waals surface area contributed by atoms with Gasteiger partial charge in [0.25, 0.3) is 11.6 Å². The Kier molecular flexibility index (Phi) is 3.02. The van der Waals surface area contributed by atoms with Crippen LogP contribution in [0.3, 0.4) is 0 Å². The summed E-state index contributed by atoms with van der Waals surface area (Å²) in [5.74, 6) is 2.23. The van der Waals surface area contributed by atoms with Gasteiger partial charge in [0.15, 0.2) is 0 Å². The van der Waals surface area contributed by atoms with E-state index in [2.05, 4.69) is 87.2 Å². The zero-order chi connectivity index (χ0) is 17.2. The monoisotopic (exact) mass is 318 g/mol. The van der Waals surface area contributed by atoms with Crippen LogP contribution in [-0.4, -0.2) is 9.78 Å². The highest BCUT2D eigenvalue weighted by atomic mass is 15.4. The van der Waals surface area contributed by atoms with Crippen LogP contribution in [0.15, 0.2) is 36.4 Å². The summed E-state index contributed by atoms with van der Waals surface area (Å²) in [6, 6.07) is 13.2. The molecule has 0 unspecified atom stereocenters. The molecule has 0 spiro atoms. The van der Waals surface area contributed by atoms with Crippen LogP contribution in [-0.2, 0) is 5.54 Å². The lowest BCUT2D eigenvalue weighted by molar-refractivity contribution is -0.737. The van der Waals surface area contributed by atoms with E-state index in [9.17, 15) is 0 Å². The van der Waals surface area contributed by atoms with E-state index in [-0.39, 0.29) is 5.54 Å². The Morgan fingerprint density at radius 3 is 2.25 bits per heavy atom. The largest absolute Gasteiger partial charge is 0.276 e. The zero-order valence-corrected chi connectivity index (χ0v) is 15.3. The molecule has 0 amide bonds. The van der Waals surface area contributed by atoms with Gasteiger partial charge in [-0.05, 0) is 51.8 Å². The van der Waals surface area contributed by atoms with Crippen LogP contribution in [0, 0.1) is 27.7 Å². The van der Waals surface area contributed by atoms with Gasteiger partial charge in [0.05, 0.1) is 5.56 Å². The minimum absolute atomic E-state index is 0.0826. The highest BCUT2D eigenvalue weighted by Crippen LogP contribution is 2.39. The summed E-state index contributed by atoms with van der Waals surface area (Å²) in [5.41, 5.74) is 7.58. The van der Waals surface area contributed by atoms with E-state index in [0.29, 0.717) is 0 Å². The maximum Gasteiger partial charge on any atom is 0.276 e. The molecule has 3 heteroatoms. The van der Waals surface area contributed by atoms with Gasteiger partial charge in [-0.15, -0.1) is 0 Å². The van der Waals surface area contributed by atoms with E-state index < -0.39 is 0 Å². The Morgan fingerprint density at radius 2 is 1.58 bits per heavy atom. The number of benzene rings is 2. The lowest BCUT2D eigenvalue weighted by atomic mass is 9.93. The van der Waals surface area contributed by atoms with Gasteiger partial charge in [-0.1, -0.05) is 40.6 Å². The molecule has 0 saturated heterocycles. The van der Waals surface area contributed by atoms with Crippen molar-refractivity contribution in [2.45, 2.75) is 47.1 Å². The van der Waals surface area contributed by atoms with Crippen molar-refractivity contribution in [1.29, 1.82) is 0 Å². The Balaban J connectivity index is 2.10. The first-order valence-electron chi connectivity index (χ1n) is 8.52. The normalized spacial score (nSPS) is 14.6. The van der Waals surface area contributed by atoms with E-state index in [1.165, 1.54) is 39.3 Å². The first-order valence-corrected chi connectivity index (χ1v) is 8.52. The third-order valence-corrected chi connectivity index (χ3v) is 5.21. The molecular formula is C21H24N3+. The molecule has 0 N–H and O–H groups in total. The maximum absolute atomic E-state index is 4.93. The summed E-state index contributed by atoms with van der Waals surface area (Å²) in [7, 11) is 0. The van der Waals surface area contributed by atoms with E-state index in [4.69, 9.17) is 5.10 Å². The Morgan fingerprint density at radius 1 is 0.958 bits per heavy atom. The SMILES string of the molecule is Cc1cc(C)c(-n2nc(C)[n+]3c2-c2ccccc2C3(C)C)c(C)c1. The van der Waals surface area contributed by atoms with Gasteiger partial charge in [0.1, 0.15) is 11.2 Å². The van der Waals surface area contributed by atoms with Crippen molar-refractivity contribution in [1.82, 2.24) is 9.78 Å². The fourth-order valence-electron chi connectivity index (χ4n) is 4.38. The van der Waals surface area contributed by atoms with Crippen LogP contribution >= 0.6 is 0 Å². The molecule has 0 saturated carbocycles. The highest BCUT2D eigenvalue weighted by molar-refractivity contribution is 5.66. The third-order valence-electron chi connectivity index (χ3n) is 5.21. The molecule has 2 heterocycles.